The molecule has 1 aliphatic heterocycles. The van der Waals surface area contributed by atoms with E-state index >= 15 is 4.39 Å². The minimum atomic E-state index is -5.02. The smallest absolute Gasteiger partial charge is 0.352 e. The number of halogens is 6. The van der Waals surface area contributed by atoms with E-state index in [9.17, 15) is 27.6 Å². The van der Waals surface area contributed by atoms with Crippen LogP contribution in [-0.2, 0) is 11.0 Å². The van der Waals surface area contributed by atoms with Crippen LogP contribution < -0.4 is 4.90 Å². The predicted molar refractivity (Wildman–Crippen MR) is 138 cm³/mol. The number of carbonyl (C=O) groups excluding carboxylic acids is 1. The molecular formula is C27H18ClF5N6O. The summed E-state index contributed by atoms with van der Waals surface area (Å²) in [4.78, 5) is 26.5. The van der Waals surface area contributed by atoms with Crippen LogP contribution in [0.15, 0.2) is 49.2 Å². The molecule has 5 rings (SSSR count). The van der Waals surface area contributed by atoms with E-state index in [1.54, 1.807) is 12.1 Å². The van der Waals surface area contributed by atoms with Gasteiger partial charge in [0.1, 0.15) is 22.8 Å². The van der Waals surface area contributed by atoms with E-state index in [0.29, 0.717) is 5.39 Å². The van der Waals surface area contributed by atoms with Gasteiger partial charge in [0.2, 0.25) is 11.7 Å². The van der Waals surface area contributed by atoms with Crippen molar-refractivity contribution in [2.45, 2.75) is 18.6 Å². The molecule has 1 fully saturated rings. The van der Waals surface area contributed by atoms with Gasteiger partial charge in [-0.1, -0.05) is 42.4 Å². The Morgan fingerprint density at radius 1 is 1.20 bits per heavy atom. The van der Waals surface area contributed by atoms with Crippen molar-refractivity contribution in [3.63, 3.8) is 0 Å². The van der Waals surface area contributed by atoms with Crippen LogP contribution in [0.3, 0.4) is 0 Å². The van der Waals surface area contributed by atoms with Gasteiger partial charge in [0.25, 0.3) is 0 Å². The van der Waals surface area contributed by atoms with E-state index in [2.05, 4.69) is 21.5 Å². The minimum Gasteiger partial charge on any atom is -0.352 e. The second-order valence-electron chi connectivity index (χ2n) is 9.01. The lowest BCUT2D eigenvalue weighted by molar-refractivity contribution is -0.144. The highest BCUT2D eigenvalue weighted by molar-refractivity contribution is 6.36. The highest BCUT2D eigenvalue weighted by Gasteiger charge is 2.38. The number of nitrogens with zero attached hydrogens (tertiary/aromatic N) is 6. The highest BCUT2D eigenvalue weighted by atomic mass is 35.5. The average molecular weight is 573 g/mol. The van der Waals surface area contributed by atoms with Gasteiger partial charge < -0.3 is 9.80 Å². The molecule has 1 atom stereocenters. The van der Waals surface area contributed by atoms with Crippen LogP contribution in [0, 0.1) is 23.0 Å². The largest absolute Gasteiger partial charge is 0.451 e. The molecule has 1 aliphatic rings. The molecule has 204 valence electrons. The number of rotatable bonds is 4. The molecule has 2 aromatic heterocycles. The first-order valence-corrected chi connectivity index (χ1v) is 12.3. The molecule has 0 saturated carbocycles. The van der Waals surface area contributed by atoms with E-state index in [4.69, 9.17) is 11.6 Å². The van der Waals surface area contributed by atoms with Gasteiger partial charge in [-0.2, -0.15) is 18.4 Å². The Morgan fingerprint density at radius 2 is 1.98 bits per heavy atom. The van der Waals surface area contributed by atoms with E-state index in [1.807, 2.05) is 6.07 Å². The quantitative estimate of drug-likeness (QED) is 0.223. The molecule has 0 bridgehead atoms. The van der Waals surface area contributed by atoms with Crippen molar-refractivity contribution in [2.24, 2.45) is 0 Å². The van der Waals surface area contributed by atoms with Crippen LogP contribution >= 0.6 is 11.6 Å². The molecule has 40 heavy (non-hydrogen) atoms. The standard InChI is InChI=1S/C27H18ClF5N6O/c1-2-19(40)39-11-10-38(13-15(39)8-9-34)25-17-12-35-23(22(30)24(17)36-26(37-25)27(31,32)33)16-5-3-4-14-6-7-18(29)21(28)20(14)16/h2-7,12,15H,1,8,10-11,13H2/t15-/m0/s1. The lowest BCUT2D eigenvalue weighted by atomic mass is 10.0. The van der Waals surface area contributed by atoms with Gasteiger partial charge in [-0.05, 0) is 17.5 Å². The number of aromatic nitrogens is 3. The van der Waals surface area contributed by atoms with Crippen molar-refractivity contribution >= 4 is 45.0 Å². The summed E-state index contributed by atoms with van der Waals surface area (Å²) in [5.74, 6) is -4.17. The number of benzene rings is 2. The Hall–Kier alpha value is -4.37. The van der Waals surface area contributed by atoms with Crippen LogP contribution in [-0.4, -0.2) is 51.4 Å². The van der Waals surface area contributed by atoms with Gasteiger partial charge in [0.05, 0.1) is 28.9 Å². The third-order valence-corrected chi connectivity index (χ3v) is 7.04. The fourth-order valence-electron chi connectivity index (χ4n) is 4.84. The lowest BCUT2D eigenvalue weighted by Gasteiger charge is -2.41. The number of carbonyl (C=O) groups is 1. The molecule has 0 radical (unpaired) electrons. The van der Waals surface area contributed by atoms with Crippen molar-refractivity contribution in [3.05, 3.63) is 71.7 Å². The first kappa shape index (κ1) is 27.2. The Labute approximate surface area is 229 Å². The van der Waals surface area contributed by atoms with E-state index in [-0.39, 0.29) is 58.9 Å². The number of amides is 1. The highest BCUT2D eigenvalue weighted by Crippen LogP contribution is 2.39. The maximum Gasteiger partial charge on any atom is 0.451 e. The number of alkyl halides is 3. The minimum absolute atomic E-state index is 0.0435. The molecular weight excluding hydrogens is 555 g/mol. The topological polar surface area (TPSA) is 86.0 Å². The number of nitriles is 1. The summed E-state index contributed by atoms with van der Waals surface area (Å²) < 4.78 is 72.0. The molecule has 1 saturated heterocycles. The summed E-state index contributed by atoms with van der Waals surface area (Å²) in [5.41, 5.74) is -0.943. The van der Waals surface area contributed by atoms with Crippen LogP contribution in [0.1, 0.15) is 12.2 Å². The van der Waals surface area contributed by atoms with Crippen molar-refractivity contribution in [3.8, 4) is 17.3 Å². The summed E-state index contributed by atoms with van der Waals surface area (Å²) in [7, 11) is 0. The van der Waals surface area contributed by atoms with Crippen molar-refractivity contribution in [1.82, 2.24) is 19.9 Å². The molecule has 1 amide bonds. The maximum atomic E-state index is 16.1. The number of pyridine rings is 1. The molecule has 13 heteroatoms. The third-order valence-electron chi connectivity index (χ3n) is 6.67. The molecule has 2 aromatic carbocycles. The van der Waals surface area contributed by atoms with Crippen LogP contribution in [0.25, 0.3) is 32.9 Å². The zero-order valence-electron chi connectivity index (χ0n) is 20.5. The number of fused-ring (bicyclic) bond motifs is 2. The second-order valence-corrected chi connectivity index (χ2v) is 9.39. The van der Waals surface area contributed by atoms with Gasteiger partial charge in [-0.25, -0.2) is 18.7 Å². The molecule has 0 N–H and O–H groups in total. The van der Waals surface area contributed by atoms with E-state index < -0.39 is 41.1 Å². The zero-order valence-corrected chi connectivity index (χ0v) is 21.3. The van der Waals surface area contributed by atoms with Gasteiger partial charge >= 0.3 is 6.18 Å². The van der Waals surface area contributed by atoms with Crippen molar-refractivity contribution in [1.29, 1.82) is 5.26 Å². The maximum absolute atomic E-state index is 16.1. The monoisotopic (exact) mass is 572 g/mol. The average Bonchev–Trinajstić information content (AvgIpc) is 2.94. The predicted octanol–water partition coefficient (Wildman–Crippen LogP) is 5.91. The van der Waals surface area contributed by atoms with Gasteiger partial charge in [-0.15, -0.1) is 0 Å². The Kier molecular flexibility index (Phi) is 7.01. The van der Waals surface area contributed by atoms with Crippen LogP contribution in [0.2, 0.25) is 5.02 Å². The molecule has 4 aromatic rings. The molecule has 7 nitrogen and oxygen atoms in total. The fraction of sp³-hybridized carbons (Fsp3) is 0.222. The molecule has 3 heterocycles. The second kappa shape index (κ2) is 10.3. The zero-order chi connectivity index (χ0) is 28.8. The van der Waals surface area contributed by atoms with E-state index in [0.717, 1.165) is 18.3 Å². The number of anilines is 1. The normalized spacial score (nSPS) is 15.9. The SMILES string of the molecule is C=CC(=O)N1CCN(c2nc(C(F)(F)F)nc3c(F)c(-c4cccc5ccc(F)c(Cl)c45)ncc23)C[C@@H]1CC#N. The Morgan fingerprint density at radius 3 is 2.67 bits per heavy atom. The summed E-state index contributed by atoms with van der Waals surface area (Å²) in [6.45, 7) is 3.52. The molecule has 0 spiro atoms. The van der Waals surface area contributed by atoms with Crippen LogP contribution in [0.5, 0.6) is 0 Å². The summed E-state index contributed by atoms with van der Waals surface area (Å²) >= 11 is 6.18. The Bertz CT molecular complexity index is 1720. The first-order valence-electron chi connectivity index (χ1n) is 11.9. The lowest BCUT2D eigenvalue weighted by Crippen LogP contribution is -2.55. The Balaban J connectivity index is 1.70. The van der Waals surface area contributed by atoms with Crippen molar-refractivity contribution < 1.29 is 26.7 Å². The first-order chi connectivity index (χ1) is 19.0. The van der Waals surface area contributed by atoms with Gasteiger partial charge in [-0.3, -0.25) is 9.78 Å². The molecule has 0 aliphatic carbocycles. The van der Waals surface area contributed by atoms with E-state index in [1.165, 1.54) is 21.9 Å². The van der Waals surface area contributed by atoms with Crippen molar-refractivity contribution in [2.75, 3.05) is 24.5 Å². The summed E-state index contributed by atoms with van der Waals surface area (Å²) in [5, 5.41) is 9.48. The number of hydrogen-bond donors (Lipinski definition) is 0. The number of hydrogen-bond acceptors (Lipinski definition) is 6. The summed E-state index contributed by atoms with van der Waals surface area (Å²) in [6.07, 6.45) is -2.87. The fourth-order valence-corrected chi connectivity index (χ4v) is 5.11. The summed E-state index contributed by atoms with van der Waals surface area (Å²) in [6, 6.07) is 8.50. The third kappa shape index (κ3) is 4.66. The number of piperazine rings is 1. The molecule has 0 unspecified atom stereocenters. The van der Waals surface area contributed by atoms with Gasteiger partial charge in [0.15, 0.2) is 5.82 Å². The van der Waals surface area contributed by atoms with Gasteiger partial charge in [0, 0.05) is 36.8 Å². The van der Waals surface area contributed by atoms with Crippen LogP contribution in [0.4, 0.5) is 27.8 Å².